The molecule has 0 aromatic heterocycles. The van der Waals surface area contributed by atoms with Gasteiger partial charge in [0.25, 0.3) is 0 Å². The number of benzene rings is 1. The summed E-state index contributed by atoms with van der Waals surface area (Å²) in [7, 11) is 0. The predicted octanol–water partition coefficient (Wildman–Crippen LogP) is 3.04. The van der Waals surface area contributed by atoms with Gasteiger partial charge in [-0.05, 0) is 63.9 Å². The van der Waals surface area contributed by atoms with E-state index in [-0.39, 0.29) is 11.8 Å². The highest BCUT2D eigenvalue weighted by Gasteiger charge is 2.53. The maximum atomic E-state index is 12.3. The Morgan fingerprint density at radius 2 is 2.12 bits per heavy atom. The van der Waals surface area contributed by atoms with E-state index in [4.69, 9.17) is 0 Å². The van der Waals surface area contributed by atoms with Crippen molar-refractivity contribution in [3.63, 3.8) is 0 Å². The van der Waals surface area contributed by atoms with Gasteiger partial charge in [0.15, 0.2) is 5.78 Å². The minimum atomic E-state index is -0.663. The SMILES string of the molecule is CCCN1CC[C@H]2N(Cc3cccc(C(C)=O)c3)CCC[C@]2(C(=O)O)C1. The Hall–Kier alpha value is -1.72. The predicted molar refractivity (Wildman–Crippen MR) is 101 cm³/mol. The van der Waals surface area contributed by atoms with Gasteiger partial charge in [0.1, 0.15) is 0 Å². The minimum Gasteiger partial charge on any atom is -0.481 e. The van der Waals surface area contributed by atoms with Crippen LogP contribution in [0.1, 0.15) is 55.5 Å². The fourth-order valence-electron chi connectivity index (χ4n) is 4.83. The number of hydrogen-bond acceptors (Lipinski definition) is 4. The molecule has 5 nitrogen and oxygen atoms in total. The van der Waals surface area contributed by atoms with Crippen molar-refractivity contribution >= 4 is 11.8 Å². The quantitative estimate of drug-likeness (QED) is 0.792. The van der Waals surface area contributed by atoms with Crippen molar-refractivity contribution in [3.05, 3.63) is 35.4 Å². The highest BCUT2D eigenvalue weighted by Crippen LogP contribution is 2.42. The normalized spacial score (nSPS) is 27.1. The molecule has 0 amide bonds. The van der Waals surface area contributed by atoms with Crippen LogP contribution in [0.3, 0.4) is 0 Å². The van der Waals surface area contributed by atoms with Gasteiger partial charge in [0, 0.05) is 24.7 Å². The second kappa shape index (κ2) is 7.89. The Labute approximate surface area is 156 Å². The van der Waals surface area contributed by atoms with E-state index in [0.717, 1.165) is 56.4 Å². The summed E-state index contributed by atoms with van der Waals surface area (Å²) < 4.78 is 0. The molecule has 2 heterocycles. The van der Waals surface area contributed by atoms with Gasteiger partial charge in [-0.3, -0.25) is 14.5 Å². The summed E-state index contributed by atoms with van der Waals surface area (Å²) in [6, 6.07) is 7.82. The third kappa shape index (κ3) is 3.69. The van der Waals surface area contributed by atoms with Gasteiger partial charge in [0.05, 0.1) is 5.41 Å². The molecule has 2 aliphatic rings. The van der Waals surface area contributed by atoms with Crippen molar-refractivity contribution < 1.29 is 14.7 Å². The molecule has 26 heavy (non-hydrogen) atoms. The Morgan fingerprint density at radius 3 is 2.81 bits per heavy atom. The second-order valence-corrected chi connectivity index (χ2v) is 7.87. The number of carbonyl (C=O) groups excluding carboxylic acids is 1. The maximum absolute atomic E-state index is 12.3. The molecule has 2 atom stereocenters. The molecule has 0 bridgehead atoms. The van der Waals surface area contributed by atoms with Crippen LogP contribution in [0.4, 0.5) is 0 Å². The third-order valence-corrected chi connectivity index (χ3v) is 6.06. The lowest BCUT2D eigenvalue weighted by Crippen LogP contribution is -2.63. The van der Waals surface area contributed by atoms with E-state index in [2.05, 4.69) is 16.7 Å². The maximum Gasteiger partial charge on any atom is 0.312 e. The summed E-state index contributed by atoms with van der Waals surface area (Å²) in [5.41, 5.74) is 1.15. The standard InChI is InChI=1S/C21H30N2O3/c1-3-10-22-12-8-19-21(15-22,20(25)26)9-5-11-23(19)14-17-6-4-7-18(13-17)16(2)24/h4,6-7,13,19H,3,5,8-12,14-15H2,1-2H3,(H,25,26)/t19-,21+/m1/s1. The molecule has 0 saturated carbocycles. The van der Waals surface area contributed by atoms with E-state index in [0.29, 0.717) is 13.1 Å². The Morgan fingerprint density at radius 1 is 1.31 bits per heavy atom. The van der Waals surface area contributed by atoms with E-state index in [1.165, 1.54) is 0 Å². The molecule has 3 rings (SSSR count). The lowest BCUT2D eigenvalue weighted by molar-refractivity contribution is -0.164. The molecule has 2 saturated heterocycles. The number of fused-ring (bicyclic) bond motifs is 1. The van der Waals surface area contributed by atoms with Crippen LogP contribution in [0.2, 0.25) is 0 Å². The molecule has 142 valence electrons. The summed E-state index contributed by atoms with van der Waals surface area (Å²) in [5.74, 6) is -0.580. The molecule has 1 aromatic carbocycles. The van der Waals surface area contributed by atoms with E-state index in [9.17, 15) is 14.7 Å². The van der Waals surface area contributed by atoms with Crippen LogP contribution in [0.25, 0.3) is 0 Å². The summed E-state index contributed by atoms with van der Waals surface area (Å²) in [5, 5.41) is 10.1. The van der Waals surface area contributed by atoms with Crippen LogP contribution in [0, 0.1) is 5.41 Å². The molecule has 0 spiro atoms. The van der Waals surface area contributed by atoms with Crippen molar-refractivity contribution in [1.82, 2.24) is 9.80 Å². The number of nitrogens with zero attached hydrogens (tertiary/aromatic N) is 2. The van der Waals surface area contributed by atoms with Crippen LogP contribution in [0.15, 0.2) is 24.3 Å². The van der Waals surface area contributed by atoms with Crippen molar-refractivity contribution in [3.8, 4) is 0 Å². The van der Waals surface area contributed by atoms with Crippen LogP contribution in [-0.2, 0) is 11.3 Å². The number of hydrogen-bond donors (Lipinski definition) is 1. The zero-order chi connectivity index (χ0) is 18.7. The average Bonchev–Trinajstić information content (AvgIpc) is 2.62. The Bertz CT molecular complexity index is 675. The summed E-state index contributed by atoms with van der Waals surface area (Å²) in [4.78, 5) is 28.6. The van der Waals surface area contributed by atoms with Crippen molar-refractivity contribution in [1.29, 1.82) is 0 Å². The number of carbonyl (C=O) groups is 2. The van der Waals surface area contributed by atoms with Gasteiger partial charge in [-0.15, -0.1) is 0 Å². The fraction of sp³-hybridized carbons (Fsp3) is 0.619. The van der Waals surface area contributed by atoms with Gasteiger partial charge < -0.3 is 10.0 Å². The lowest BCUT2D eigenvalue weighted by atomic mass is 9.69. The largest absolute Gasteiger partial charge is 0.481 e. The van der Waals surface area contributed by atoms with Crippen molar-refractivity contribution in [2.75, 3.05) is 26.2 Å². The molecule has 1 N–H and O–H groups in total. The van der Waals surface area contributed by atoms with E-state index >= 15 is 0 Å². The smallest absolute Gasteiger partial charge is 0.312 e. The number of carboxylic acids is 1. The fourth-order valence-corrected chi connectivity index (χ4v) is 4.83. The number of aliphatic carboxylic acids is 1. The monoisotopic (exact) mass is 358 g/mol. The third-order valence-electron chi connectivity index (χ3n) is 6.06. The lowest BCUT2D eigenvalue weighted by Gasteiger charge is -2.53. The molecule has 0 unspecified atom stereocenters. The average molecular weight is 358 g/mol. The van der Waals surface area contributed by atoms with Crippen LogP contribution in [0.5, 0.6) is 0 Å². The molecule has 0 aliphatic carbocycles. The first-order chi connectivity index (χ1) is 12.5. The highest BCUT2D eigenvalue weighted by molar-refractivity contribution is 5.94. The summed E-state index contributed by atoms with van der Waals surface area (Å²) in [6.45, 7) is 7.98. The molecule has 2 aliphatic heterocycles. The number of carboxylic acid groups (broad SMARTS) is 1. The molecule has 1 aromatic rings. The number of ketones is 1. The first-order valence-corrected chi connectivity index (χ1v) is 9.76. The van der Waals surface area contributed by atoms with Crippen molar-refractivity contribution in [2.45, 2.75) is 52.1 Å². The molecule has 0 radical (unpaired) electrons. The number of likely N-dealkylation sites (tertiary alicyclic amines) is 2. The highest BCUT2D eigenvalue weighted by atomic mass is 16.4. The molecular formula is C21H30N2O3. The first kappa shape index (κ1) is 19.1. The van der Waals surface area contributed by atoms with Gasteiger partial charge >= 0.3 is 5.97 Å². The molecular weight excluding hydrogens is 328 g/mol. The zero-order valence-electron chi connectivity index (χ0n) is 15.9. The number of rotatable bonds is 6. The first-order valence-electron chi connectivity index (χ1n) is 9.76. The number of piperidine rings is 2. The van der Waals surface area contributed by atoms with Crippen LogP contribution >= 0.6 is 0 Å². The number of Topliss-reactive ketones (excluding diaryl/α,β-unsaturated/α-hetero) is 1. The summed E-state index contributed by atoms with van der Waals surface area (Å²) >= 11 is 0. The Kier molecular flexibility index (Phi) is 5.78. The van der Waals surface area contributed by atoms with Crippen molar-refractivity contribution in [2.24, 2.45) is 5.41 Å². The van der Waals surface area contributed by atoms with Gasteiger partial charge in [-0.25, -0.2) is 0 Å². The van der Waals surface area contributed by atoms with Crippen LogP contribution in [-0.4, -0.2) is 58.9 Å². The minimum absolute atomic E-state index is 0.0678. The molecule has 5 heteroatoms. The topological polar surface area (TPSA) is 60.9 Å². The second-order valence-electron chi connectivity index (χ2n) is 7.87. The van der Waals surface area contributed by atoms with Gasteiger partial charge in [-0.2, -0.15) is 0 Å². The zero-order valence-corrected chi connectivity index (χ0v) is 15.9. The van der Waals surface area contributed by atoms with Crippen LogP contribution < -0.4 is 0 Å². The van der Waals surface area contributed by atoms with E-state index < -0.39 is 11.4 Å². The van der Waals surface area contributed by atoms with E-state index in [1.807, 2.05) is 24.3 Å². The van der Waals surface area contributed by atoms with E-state index in [1.54, 1.807) is 6.92 Å². The Balaban J connectivity index is 1.82. The molecule has 2 fully saturated rings. The van der Waals surface area contributed by atoms with Gasteiger partial charge in [0.2, 0.25) is 0 Å². The summed E-state index contributed by atoms with van der Waals surface area (Å²) in [6.07, 6.45) is 3.63. The van der Waals surface area contributed by atoms with Gasteiger partial charge in [-0.1, -0.05) is 25.1 Å².